The van der Waals surface area contributed by atoms with Crippen LogP contribution in [0, 0.1) is 11.3 Å². The summed E-state index contributed by atoms with van der Waals surface area (Å²) >= 11 is 6.81. The summed E-state index contributed by atoms with van der Waals surface area (Å²) in [6.45, 7) is 8.51. The van der Waals surface area contributed by atoms with Gasteiger partial charge in [0.05, 0.1) is 5.69 Å². The minimum absolute atomic E-state index is 0.00796. The first-order valence-corrected chi connectivity index (χ1v) is 7.74. The molecule has 0 aliphatic carbocycles. The molecule has 1 atom stereocenters. The Balaban J connectivity index is 2.79. The van der Waals surface area contributed by atoms with Gasteiger partial charge in [-0.3, -0.25) is 4.79 Å². The predicted octanol–water partition coefficient (Wildman–Crippen LogP) is 4.80. The molecule has 1 rings (SSSR count). The molecule has 0 fully saturated rings. The number of nitrogens with two attached hydrogens (primary N) is 1. The van der Waals surface area contributed by atoms with Gasteiger partial charge in [0.1, 0.15) is 0 Å². The van der Waals surface area contributed by atoms with Crippen molar-refractivity contribution >= 4 is 49.1 Å². The van der Waals surface area contributed by atoms with Crippen LogP contribution in [0.5, 0.6) is 0 Å². The normalized spacial score (nSPS) is 13.2. The van der Waals surface area contributed by atoms with Gasteiger partial charge in [0.15, 0.2) is 0 Å². The number of amides is 1. The van der Waals surface area contributed by atoms with E-state index >= 15 is 0 Å². The zero-order chi connectivity index (χ0) is 14.8. The van der Waals surface area contributed by atoms with Crippen LogP contribution in [0.4, 0.5) is 11.4 Å². The van der Waals surface area contributed by atoms with Gasteiger partial charge in [-0.05, 0) is 55.3 Å². The van der Waals surface area contributed by atoms with Crippen molar-refractivity contribution in [3.63, 3.8) is 0 Å². The topological polar surface area (TPSA) is 55.1 Å². The fraction of sp³-hybridized carbons (Fsp3) is 0.500. The smallest absolute Gasteiger partial charge is 0.224 e. The third-order valence-electron chi connectivity index (χ3n) is 3.30. The molecular formula is C14H20Br2N2O. The van der Waals surface area contributed by atoms with E-state index < -0.39 is 0 Å². The summed E-state index contributed by atoms with van der Waals surface area (Å²) in [6.07, 6.45) is 0.493. The maximum absolute atomic E-state index is 12.1. The van der Waals surface area contributed by atoms with Gasteiger partial charge in [-0.2, -0.15) is 0 Å². The summed E-state index contributed by atoms with van der Waals surface area (Å²) in [5.41, 5.74) is 7.20. The summed E-state index contributed by atoms with van der Waals surface area (Å²) in [4.78, 5) is 12.1. The number of anilines is 2. The molecule has 0 aliphatic rings. The molecule has 0 radical (unpaired) electrons. The molecule has 0 saturated carbocycles. The molecule has 106 valence electrons. The highest BCUT2D eigenvalue weighted by Crippen LogP contribution is 2.34. The number of rotatable bonds is 3. The van der Waals surface area contributed by atoms with Crippen LogP contribution in [0.15, 0.2) is 21.1 Å². The van der Waals surface area contributed by atoms with Crippen LogP contribution in [0.2, 0.25) is 0 Å². The van der Waals surface area contributed by atoms with Crippen molar-refractivity contribution in [2.24, 2.45) is 11.3 Å². The van der Waals surface area contributed by atoms with Gasteiger partial charge in [-0.1, -0.05) is 27.7 Å². The minimum atomic E-state index is 0.00796. The summed E-state index contributed by atoms with van der Waals surface area (Å²) < 4.78 is 1.55. The maximum atomic E-state index is 12.1. The van der Waals surface area contributed by atoms with Gasteiger partial charge >= 0.3 is 0 Å². The Kier molecular flexibility index (Phi) is 5.44. The predicted molar refractivity (Wildman–Crippen MR) is 88.1 cm³/mol. The standard InChI is InChI=1S/C14H20Br2N2O/c1-8(14(2,3)4)5-12(19)18-13-10(15)6-9(17)7-11(13)16/h6-8H,5,17H2,1-4H3,(H,18,19). The van der Waals surface area contributed by atoms with Gasteiger partial charge in [0.25, 0.3) is 0 Å². The Labute approximate surface area is 131 Å². The number of halogens is 2. The molecule has 0 saturated heterocycles. The lowest BCUT2D eigenvalue weighted by Gasteiger charge is -2.26. The molecule has 0 spiro atoms. The Hall–Kier alpha value is -0.550. The van der Waals surface area contributed by atoms with Crippen molar-refractivity contribution in [3.05, 3.63) is 21.1 Å². The van der Waals surface area contributed by atoms with Gasteiger partial charge in [-0.15, -0.1) is 0 Å². The molecule has 0 aromatic heterocycles. The van der Waals surface area contributed by atoms with E-state index in [0.717, 1.165) is 14.6 Å². The van der Waals surface area contributed by atoms with E-state index in [9.17, 15) is 4.79 Å². The summed E-state index contributed by atoms with van der Waals surface area (Å²) in [6, 6.07) is 3.54. The number of nitrogens with one attached hydrogen (secondary N) is 1. The molecule has 19 heavy (non-hydrogen) atoms. The number of hydrogen-bond acceptors (Lipinski definition) is 2. The molecule has 1 amide bonds. The first-order chi connectivity index (χ1) is 8.61. The second kappa shape index (κ2) is 6.27. The monoisotopic (exact) mass is 390 g/mol. The van der Waals surface area contributed by atoms with Crippen LogP contribution < -0.4 is 11.1 Å². The quantitative estimate of drug-likeness (QED) is 0.726. The number of benzene rings is 1. The lowest BCUT2D eigenvalue weighted by Crippen LogP contribution is -2.24. The van der Waals surface area contributed by atoms with Crippen LogP contribution in [0.1, 0.15) is 34.1 Å². The van der Waals surface area contributed by atoms with Crippen LogP contribution in [0.3, 0.4) is 0 Å². The first-order valence-electron chi connectivity index (χ1n) is 6.15. The fourth-order valence-electron chi connectivity index (χ4n) is 1.49. The van der Waals surface area contributed by atoms with E-state index in [0.29, 0.717) is 18.0 Å². The lowest BCUT2D eigenvalue weighted by molar-refractivity contribution is -0.117. The Morgan fingerprint density at radius 1 is 1.32 bits per heavy atom. The first kappa shape index (κ1) is 16.5. The van der Waals surface area contributed by atoms with E-state index in [4.69, 9.17) is 5.73 Å². The summed E-state index contributed by atoms with van der Waals surface area (Å²) in [5, 5.41) is 2.92. The number of carbonyl (C=O) groups is 1. The molecular weight excluding hydrogens is 372 g/mol. The lowest BCUT2D eigenvalue weighted by atomic mass is 9.80. The van der Waals surface area contributed by atoms with Crippen molar-refractivity contribution < 1.29 is 4.79 Å². The van der Waals surface area contributed by atoms with E-state index in [-0.39, 0.29) is 11.3 Å². The molecule has 1 unspecified atom stereocenters. The van der Waals surface area contributed by atoms with E-state index in [2.05, 4.69) is 64.9 Å². The average molecular weight is 392 g/mol. The highest BCUT2D eigenvalue weighted by atomic mass is 79.9. The highest BCUT2D eigenvalue weighted by molar-refractivity contribution is 9.11. The number of carbonyl (C=O) groups excluding carboxylic acids is 1. The van der Waals surface area contributed by atoms with Crippen molar-refractivity contribution in [3.8, 4) is 0 Å². The van der Waals surface area contributed by atoms with Crippen molar-refractivity contribution in [1.82, 2.24) is 0 Å². The van der Waals surface area contributed by atoms with Crippen LogP contribution in [-0.4, -0.2) is 5.91 Å². The fourth-order valence-corrected chi connectivity index (χ4v) is 2.91. The van der Waals surface area contributed by atoms with Crippen molar-refractivity contribution in [2.45, 2.75) is 34.1 Å². The van der Waals surface area contributed by atoms with Crippen LogP contribution >= 0.6 is 31.9 Å². The second-order valence-corrected chi connectivity index (χ2v) is 7.59. The SMILES string of the molecule is CC(CC(=O)Nc1c(Br)cc(N)cc1Br)C(C)(C)C. The van der Waals surface area contributed by atoms with Gasteiger partial charge in [0.2, 0.25) is 5.91 Å². The number of hydrogen-bond donors (Lipinski definition) is 2. The van der Waals surface area contributed by atoms with Gasteiger partial charge < -0.3 is 11.1 Å². The zero-order valence-electron chi connectivity index (χ0n) is 11.7. The molecule has 0 aliphatic heterocycles. The zero-order valence-corrected chi connectivity index (χ0v) is 14.9. The molecule has 5 heteroatoms. The van der Waals surface area contributed by atoms with Gasteiger partial charge in [-0.25, -0.2) is 0 Å². The third-order valence-corrected chi connectivity index (χ3v) is 4.55. The van der Waals surface area contributed by atoms with E-state index in [1.807, 2.05) is 0 Å². The maximum Gasteiger partial charge on any atom is 0.224 e. The molecule has 0 heterocycles. The summed E-state index contributed by atoms with van der Waals surface area (Å²) in [7, 11) is 0. The largest absolute Gasteiger partial charge is 0.399 e. The molecule has 1 aromatic rings. The van der Waals surface area contributed by atoms with E-state index in [1.165, 1.54) is 0 Å². The second-order valence-electron chi connectivity index (χ2n) is 5.88. The molecule has 3 nitrogen and oxygen atoms in total. The minimum Gasteiger partial charge on any atom is -0.399 e. The Morgan fingerprint density at radius 3 is 2.21 bits per heavy atom. The molecule has 3 N–H and O–H groups in total. The van der Waals surface area contributed by atoms with Crippen molar-refractivity contribution in [2.75, 3.05) is 11.1 Å². The molecule has 1 aromatic carbocycles. The highest BCUT2D eigenvalue weighted by Gasteiger charge is 2.23. The summed E-state index contributed by atoms with van der Waals surface area (Å²) in [5.74, 6) is 0.312. The van der Waals surface area contributed by atoms with E-state index in [1.54, 1.807) is 12.1 Å². The Morgan fingerprint density at radius 2 is 1.79 bits per heavy atom. The van der Waals surface area contributed by atoms with Crippen LogP contribution in [-0.2, 0) is 4.79 Å². The molecule has 0 bridgehead atoms. The average Bonchev–Trinajstić information content (AvgIpc) is 2.21. The Bertz CT molecular complexity index is 458. The third kappa shape index (κ3) is 4.80. The van der Waals surface area contributed by atoms with Crippen molar-refractivity contribution in [1.29, 1.82) is 0 Å². The number of nitrogen functional groups attached to an aromatic ring is 1. The van der Waals surface area contributed by atoms with Gasteiger partial charge in [0, 0.05) is 21.1 Å². The van der Waals surface area contributed by atoms with Crippen LogP contribution in [0.25, 0.3) is 0 Å².